The van der Waals surface area contributed by atoms with E-state index in [1.165, 1.54) is 24.3 Å². The molecule has 0 aromatic heterocycles. The maximum absolute atomic E-state index is 12.4. The summed E-state index contributed by atoms with van der Waals surface area (Å²) in [4.78, 5) is 24.6. The fourth-order valence-corrected chi connectivity index (χ4v) is 3.44. The molecule has 150 valence electrons. The summed E-state index contributed by atoms with van der Waals surface area (Å²) < 4.78 is 24.7. The van der Waals surface area contributed by atoms with Crippen LogP contribution in [0.15, 0.2) is 66.7 Å². The van der Waals surface area contributed by atoms with Crippen LogP contribution >= 0.6 is 0 Å². The van der Waals surface area contributed by atoms with Crippen molar-refractivity contribution in [2.75, 3.05) is 24.1 Å². The normalized spacial score (nSPS) is 11.1. The molecule has 8 heteroatoms. The molecule has 0 atom stereocenters. The van der Waals surface area contributed by atoms with Crippen molar-refractivity contribution in [2.45, 2.75) is 0 Å². The summed E-state index contributed by atoms with van der Waals surface area (Å²) in [6, 6.07) is 19.3. The van der Waals surface area contributed by atoms with Crippen molar-refractivity contribution in [3.05, 3.63) is 77.9 Å². The number of carbonyl (C=O) groups is 2. The standard InChI is InChI=1S/C21H21N3O4S/c1-29(27,28)24-17-11-9-16(10-12-17)20(25)22-13-14-23-21(26)19-8-4-6-15-5-2-3-7-18(15)19/h2-12,24H,13-14H2,1H3,(H,22,25)(H,23,26). The van der Waals surface area contributed by atoms with Crippen LogP contribution in [-0.2, 0) is 10.0 Å². The van der Waals surface area contributed by atoms with Crippen molar-refractivity contribution in [1.82, 2.24) is 10.6 Å². The second-order valence-electron chi connectivity index (χ2n) is 6.49. The van der Waals surface area contributed by atoms with Gasteiger partial charge in [0.2, 0.25) is 10.0 Å². The molecule has 0 saturated heterocycles. The third kappa shape index (κ3) is 5.55. The van der Waals surface area contributed by atoms with Gasteiger partial charge >= 0.3 is 0 Å². The van der Waals surface area contributed by atoms with Crippen LogP contribution in [0.1, 0.15) is 20.7 Å². The second kappa shape index (κ2) is 8.74. The molecule has 0 unspecified atom stereocenters. The smallest absolute Gasteiger partial charge is 0.251 e. The number of benzene rings is 3. The van der Waals surface area contributed by atoms with Gasteiger partial charge in [-0.2, -0.15) is 0 Å². The molecule has 3 aromatic rings. The lowest BCUT2D eigenvalue weighted by Gasteiger charge is -2.09. The highest BCUT2D eigenvalue weighted by atomic mass is 32.2. The van der Waals surface area contributed by atoms with Crippen LogP contribution in [0.3, 0.4) is 0 Å². The zero-order valence-electron chi connectivity index (χ0n) is 15.8. The summed E-state index contributed by atoms with van der Waals surface area (Å²) in [5, 5.41) is 7.38. The first kappa shape index (κ1) is 20.3. The summed E-state index contributed by atoms with van der Waals surface area (Å²) in [6.45, 7) is 0.542. The van der Waals surface area contributed by atoms with Gasteiger partial charge in [-0.15, -0.1) is 0 Å². The molecule has 3 aromatic carbocycles. The van der Waals surface area contributed by atoms with E-state index in [0.29, 0.717) is 16.8 Å². The first-order valence-electron chi connectivity index (χ1n) is 8.95. The van der Waals surface area contributed by atoms with Crippen LogP contribution in [0.25, 0.3) is 10.8 Å². The van der Waals surface area contributed by atoms with Crippen LogP contribution in [0.4, 0.5) is 5.69 Å². The minimum atomic E-state index is -3.36. The zero-order valence-corrected chi connectivity index (χ0v) is 16.6. The maximum Gasteiger partial charge on any atom is 0.251 e. The Morgan fingerprint density at radius 1 is 0.793 bits per heavy atom. The van der Waals surface area contributed by atoms with E-state index in [-0.39, 0.29) is 24.9 Å². The van der Waals surface area contributed by atoms with E-state index >= 15 is 0 Å². The lowest BCUT2D eigenvalue weighted by Crippen LogP contribution is -2.34. The SMILES string of the molecule is CS(=O)(=O)Nc1ccc(C(=O)NCCNC(=O)c2cccc3ccccc23)cc1. The van der Waals surface area contributed by atoms with Gasteiger partial charge in [0.1, 0.15) is 0 Å². The maximum atomic E-state index is 12.4. The number of hydrogen-bond donors (Lipinski definition) is 3. The fraction of sp³-hybridized carbons (Fsp3) is 0.143. The Morgan fingerprint density at radius 2 is 1.41 bits per heavy atom. The first-order valence-corrected chi connectivity index (χ1v) is 10.8. The van der Waals surface area contributed by atoms with Gasteiger partial charge < -0.3 is 10.6 Å². The van der Waals surface area contributed by atoms with Crippen LogP contribution in [0.5, 0.6) is 0 Å². The molecule has 2 amide bonds. The topological polar surface area (TPSA) is 104 Å². The van der Waals surface area contributed by atoms with Crippen molar-refractivity contribution in [3.8, 4) is 0 Å². The molecule has 29 heavy (non-hydrogen) atoms. The van der Waals surface area contributed by atoms with Crippen LogP contribution < -0.4 is 15.4 Å². The fourth-order valence-electron chi connectivity index (χ4n) is 2.88. The summed E-state index contributed by atoms with van der Waals surface area (Å²) in [6.07, 6.45) is 1.06. The molecule has 0 aliphatic heterocycles. The highest BCUT2D eigenvalue weighted by Crippen LogP contribution is 2.18. The minimum Gasteiger partial charge on any atom is -0.350 e. The molecule has 3 N–H and O–H groups in total. The van der Waals surface area contributed by atoms with Gasteiger partial charge in [0, 0.05) is 29.9 Å². The predicted molar refractivity (Wildman–Crippen MR) is 114 cm³/mol. The van der Waals surface area contributed by atoms with Crippen LogP contribution in [-0.4, -0.2) is 39.6 Å². The molecule has 0 heterocycles. The predicted octanol–water partition coefficient (Wildman–Crippen LogP) is 2.37. The molecule has 0 aliphatic rings. The van der Waals surface area contributed by atoms with E-state index in [1.807, 2.05) is 36.4 Å². The van der Waals surface area contributed by atoms with E-state index in [1.54, 1.807) is 6.07 Å². The quantitative estimate of drug-likeness (QED) is 0.519. The Morgan fingerprint density at radius 3 is 2.10 bits per heavy atom. The van der Waals surface area contributed by atoms with Crippen molar-refractivity contribution < 1.29 is 18.0 Å². The van der Waals surface area contributed by atoms with Gasteiger partial charge in [0.15, 0.2) is 0 Å². The van der Waals surface area contributed by atoms with E-state index in [0.717, 1.165) is 17.0 Å². The Bertz CT molecular complexity index is 1140. The molecular weight excluding hydrogens is 390 g/mol. The highest BCUT2D eigenvalue weighted by Gasteiger charge is 2.10. The lowest BCUT2D eigenvalue weighted by molar-refractivity contribution is 0.0928. The van der Waals surface area contributed by atoms with Gasteiger partial charge in [-0.1, -0.05) is 36.4 Å². The van der Waals surface area contributed by atoms with E-state index in [4.69, 9.17) is 0 Å². The monoisotopic (exact) mass is 411 g/mol. The van der Waals surface area contributed by atoms with Crippen LogP contribution in [0, 0.1) is 0 Å². The third-order valence-corrected chi connectivity index (χ3v) is 4.79. The number of amides is 2. The number of anilines is 1. The minimum absolute atomic E-state index is 0.202. The number of nitrogens with one attached hydrogen (secondary N) is 3. The van der Waals surface area contributed by atoms with E-state index in [9.17, 15) is 18.0 Å². The Balaban J connectivity index is 1.51. The van der Waals surface area contributed by atoms with E-state index in [2.05, 4.69) is 15.4 Å². The van der Waals surface area contributed by atoms with E-state index < -0.39 is 10.0 Å². The van der Waals surface area contributed by atoms with Gasteiger partial charge in [-0.3, -0.25) is 14.3 Å². The Hall–Kier alpha value is -3.39. The van der Waals surface area contributed by atoms with Gasteiger partial charge in [0.25, 0.3) is 11.8 Å². The van der Waals surface area contributed by atoms with Gasteiger partial charge in [0.05, 0.1) is 6.26 Å². The highest BCUT2D eigenvalue weighted by molar-refractivity contribution is 7.92. The largest absolute Gasteiger partial charge is 0.350 e. The lowest BCUT2D eigenvalue weighted by atomic mass is 10.0. The van der Waals surface area contributed by atoms with Gasteiger partial charge in [-0.05, 0) is 41.1 Å². The molecule has 0 fully saturated rings. The van der Waals surface area contributed by atoms with Gasteiger partial charge in [-0.25, -0.2) is 8.42 Å². The number of hydrogen-bond acceptors (Lipinski definition) is 4. The van der Waals surface area contributed by atoms with Crippen molar-refractivity contribution in [3.63, 3.8) is 0 Å². The molecule has 0 radical (unpaired) electrons. The molecular formula is C21H21N3O4S. The molecule has 3 rings (SSSR count). The summed E-state index contributed by atoms with van der Waals surface area (Å²) in [7, 11) is -3.36. The zero-order chi connectivity index (χ0) is 20.9. The van der Waals surface area contributed by atoms with Crippen molar-refractivity contribution in [1.29, 1.82) is 0 Å². The molecule has 7 nitrogen and oxygen atoms in total. The average molecular weight is 411 g/mol. The Kier molecular flexibility index (Phi) is 6.13. The summed E-state index contributed by atoms with van der Waals surface area (Å²) >= 11 is 0. The number of sulfonamides is 1. The number of carbonyl (C=O) groups excluding carboxylic acids is 2. The molecule has 0 bridgehead atoms. The summed E-state index contributed by atoms with van der Waals surface area (Å²) in [5.41, 5.74) is 1.36. The Labute approximate surface area is 169 Å². The average Bonchev–Trinajstić information content (AvgIpc) is 2.70. The molecule has 0 aliphatic carbocycles. The molecule has 0 spiro atoms. The molecule has 0 saturated carbocycles. The number of fused-ring (bicyclic) bond motifs is 1. The number of rotatable bonds is 7. The van der Waals surface area contributed by atoms with Crippen molar-refractivity contribution >= 4 is 38.3 Å². The van der Waals surface area contributed by atoms with Crippen molar-refractivity contribution in [2.24, 2.45) is 0 Å². The van der Waals surface area contributed by atoms with Crippen LogP contribution in [0.2, 0.25) is 0 Å². The first-order chi connectivity index (χ1) is 13.8. The summed E-state index contributed by atoms with van der Waals surface area (Å²) in [5.74, 6) is -0.512. The third-order valence-electron chi connectivity index (χ3n) is 4.18. The second-order valence-corrected chi connectivity index (χ2v) is 8.24.